The van der Waals surface area contributed by atoms with Gasteiger partial charge < -0.3 is 10.6 Å². The minimum absolute atomic E-state index is 0.185. The molecular formula is C18H32N2. The summed E-state index contributed by atoms with van der Waals surface area (Å²) in [5.41, 5.74) is 3.16. The quantitative estimate of drug-likeness (QED) is 0.853. The summed E-state index contributed by atoms with van der Waals surface area (Å²) in [7, 11) is 0. The minimum atomic E-state index is 0.185. The van der Waals surface area contributed by atoms with Crippen molar-refractivity contribution in [1.82, 2.24) is 10.6 Å². The van der Waals surface area contributed by atoms with E-state index in [2.05, 4.69) is 83.4 Å². The molecule has 2 heteroatoms. The molecular weight excluding hydrogens is 244 g/mol. The number of hydrogen-bond donors (Lipinski definition) is 2. The van der Waals surface area contributed by atoms with Gasteiger partial charge in [-0.25, -0.2) is 0 Å². The predicted octanol–water partition coefficient (Wildman–Crippen LogP) is 3.85. The molecule has 2 nitrogen and oxygen atoms in total. The van der Waals surface area contributed by atoms with E-state index >= 15 is 0 Å². The van der Waals surface area contributed by atoms with E-state index in [0.717, 1.165) is 13.1 Å². The van der Waals surface area contributed by atoms with Gasteiger partial charge in [0.2, 0.25) is 0 Å². The summed E-state index contributed by atoms with van der Waals surface area (Å²) in [6.07, 6.45) is 0. The molecule has 0 radical (unpaired) electrons. The van der Waals surface area contributed by atoms with Crippen molar-refractivity contribution in [3.63, 3.8) is 0 Å². The summed E-state index contributed by atoms with van der Waals surface area (Å²) in [5.74, 6) is 0. The second-order valence-corrected chi connectivity index (χ2v) is 7.86. The van der Waals surface area contributed by atoms with Crippen LogP contribution in [0.1, 0.15) is 59.6 Å². The fourth-order valence-corrected chi connectivity index (χ4v) is 1.95. The fraction of sp³-hybridized carbons (Fsp3) is 0.667. The summed E-state index contributed by atoms with van der Waals surface area (Å²) in [5, 5.41) is 7.09. The van der Waals surface area contributed by atoms with Gasteiger partial charge in [0.25, 0.3) is 0 Å². The second kappa shape index (κ2) is 6.73. The first-order valence-electron chi connectivity index (χ1n) is 7.66. The van der Waals surface area contributed by atoms with Gasteiger partial charge in [0, 0.05) is 24.7 Å². The predicted molar refractivity (Wildman–Crippen MR) is 89.2 cm³/mol. The van der Waals surface area contributed by atoms with Crippen LogP contribution in [0.5, 0.6) is 0 Å². The highest BCUT2D eigenvalue weighted by atomic mass is 15.0. The highest BCUT2D eigenvalue weighted by molar-refractivity contribution is 5.27. The molecule has 0 heterocycles. The molecule has 1 aromatic rings. The molecule has 0 aromatic heterocycles. The molecule has 1 unspecified atom stereocenters. The maximum Gasteiger partial charge on any atom is 0.0208 e. The van der Waals surface area contributed by atoms with E-state index in [-0.39, 0.29) is 11.0 Å². The minimum Gasteiger partial charge on any atom is -0.311 e. The Morgan fingerprint density at radius 3 is 1.95 bits per heavy atom. The van der Waals surface area contributed by atoms with Crippen LogP contribution in [0, 0.1) is 0 Å². The number of rotatable bonds is 5. The standard InChI is InChI=1S/C18H32N2/c1-14(12-20-18(5,6)7)19-13-15-8-10-16(11-9-15)17(2,3)4/h8-11,14,19-20H,12-13H2,1-7H3. The zero-order chi connectivity index (χ0) is 15.4. The Morgan fingerprint density at radius 2 is 1.50 bits per heavy atom. The van der Waals surface area contributed by atoms with Gasteiger partial charge in [-0.1, -0.05) is 45.0 Å². The Hall–Kier alpha value is -0.860. The van der Waals surface area contributed by atoms with Gasteiger partial charge in [-0.2, -0.15) is 0 Å². The fourth-order valence-electron chi connectivity index (χ4n) is 1.95. The molecule has 0 aliphatic rings. The van der Waals surface area contributed by atoms with Gasteiger partial charge in [-0.05, 0) is 44.2 Å². The smallest absolute Gasteiger partial charge is 0.0208 e. The van der Waals surface area contributed by atoms with Crippen molar-refractivity contribution < 1.29 is 0 Å². The van der Waals surface area contributed by atoms with Gasteiger partial charge in [0.1, 0.15) is 0 Å². The van der Waals surface area contributed by atoms with E-state index < -0.39 is 0 Å². The van der Waals surface area contributed by atoms with E-state index in [1.54, 1.807) is 0 Å². The molecule has 1 atom stereocenters. The number of nitrogens with one attached hydrogen (secondary N) is 2. The molecule has 0 spiro atoms. The van der Waals surface area contributed by atoms with Crippen LogP contribution in [0.3, 0.4) is 0 Å². The van der Waals surface area contributed by atoms with Crippen molar-refractivity contribution >= 4 is 0 Å². The molecule has 2 N–H and O–H groups in total. The molecule has 0 saturated carbocycles. The van der Waals surface area contributed by atoms with Crippen LogP contribution in [-0.2, 0) is 12.0 Å². The summed E-state index contributed by atoms with van der Waals surface area (Å²) >= 11 is 0. The molecule has 0 amide bonds. The summed E-state index contributed by atoms with van der Waals surface area (Å²) in [6, 6.07) is 9.43. The van der Waals surface area contributed by atoms with E-state index in [4.69, 9.17) is 0 Å². The van der Waals surface area contributed by atoms with Crippen LogP contribution in [0.4, 0.5) is 0 Å². The molecule has 20 heavy (non-hydrogen) atoms. The lowest BCUT2D eigenvalue weighted by atomic mass is 9.87. The van der Waals surface area contributed by atoms with Gasteiger partial charge in [-0.3, -0.25) is 0 Å². The Balaban J connectivity index is 2.42. The normalized spacial score (nSPS) is 14.3. The van der Waals surface area contributed by atoms with Crippen molar-refractivity contribution in [2.45, 2.75) is 72.0 Å². The van der Waals surface area contributed by atoms with Crippen LogP contribution in [0.2, 0.25) is 0 Å². The van der Waals surface area contributed by atoms with Gasteiger partial charge in [-0.15, -0.1) is 0 Å². The third-order valence-electron chi connectivity index (χ3n) is 3.41. The maximum absolute atomic E-state index is 3.57. The molecule has 0 aliphatic carbocycles. The maximum atomic E-state index is 3.57. The zero-order valence-electron chi connectivity index (χ0n) is 14.3. The summed E-state index contributed by atoms with van der Waals surface area (Å²) < 4.78 is 0. The van der Waals surface area contributed by atoms with E-state index in [0.29, 0.717) is 6.04 Å². The lowest BCUT2D eigenvalue weighted by Crippen LogP contribution is -2.44. The Morgan fingerprint density at radius 1 is 0.950 bits per heavy atom. The number of benzene rings is 1. The summed E-state index contributed by atoms with van der Waals surface area (Å²) in [4.78, 5) is 0. The lowest BCUT2D eigenvalue weighted by Gasteiger charge is -2.24. The van der Waals surface area contributed by atoms with Gasteiger partial charge in [0.05, 0.1) is 0 Å². The van der Waals surface area contributed by atoms with Gasteiger partial charge in [0.15, 0.2) is 0 Å². The Labute approximate surface area is 125 Å². The van der Waals surface area contributed by atoms with Crippen molar-refractivity contribution in [3.8, 4) is 0 Å². The van der Waals surface area contributed by atoms with E-state index in [9.17, 15) is 0 Å². The van der Waals surface area contributed by atoms with Crippen LogP contribution < -0.4 is 10.6 Å². The largest absolute Gasteiger partial charge is 0.311 e. The van der Waals surface area contributed by atoms with E-state index in [1.165, 1.54) is 11.1 Å². The average Bonchev–Trinajstić information content (AvgIpc) is 2.32. The zero-order valence-corrected chi connectivity index (χ0v) is 14.3. The first kappa shape index (κ1) is 17.2. The second-order valence-electron chi connectivity index (χ2n) is 7.86. The van der Waals surface area contributed by atoms with Crippen molar-refractivity contribution in [1.29, 1.82) is 0 Å². The van der Waals surface area contributed by atoms with Crippen molar-refractivity contribution in [2.75, 3.05) is 6.54 Å². The highest BCUT2D eigenvalue weighted by Crippen LogP contribution is 2.22. The first-order valence-corrected chi connectivity index (χ1v) is 7.66. The molecule has 1 rings (SSSR count). The Kier molecular flexibility index (Phi) is 5.79. The van der Waals surface area contributed by atoms with Crippen LogP contribution in [0.25, 0.3) is 0 Å². The highest BCUT2D eigenvalue weighted by Gasteiger charge is 2.13. The lowest BCUT2D eigenvalue weighted by molar-refractivity contribution is 0.387. The SMILES string of the molecule is CC(CNC(C)(C)C)NCc1ccc(C(C)(C)C)cc1. The van der Waals surface area contributed by atoms with Crippen LogP contribution in [-0.4, -0.2) is 18.1 Å². The number of hydrogen-bond acceptors (Lipinski definition) is 2. The average molecular weight is 276 g/mol. The third-order valence-corrected chi connectivity index (χ3v) is 3.41. The first-order chi connectivity index (χ1) is 9.08. The van der Waals surface area contributed by atoms with Crippen molar-refractivity contribution in [3.05, 3.63) is 35.4 Å². The molecule has 114 valence electrons. The van der Waals surface area contributed by atoms with Gasteiger partial charge >= 0.3 is 0 Å². The monoisotopic (exact) mass is 276 g/mol. The van der Waals surface area contributed by atoms with Crippen molar-refractivity contribution in [2.24, 2.45) is 0 Å². The summed E-state index contributed by atoms with van der Waals surface area (Å²) in [6.45, 7) is 17.5. The molecule has 0 bridgehead atoms. The third kappa shape index (κ3) is 6.53. The molecule has 0 saturated heterocycles. The Bertz CT molecular complexity index is 393. The molecule has 0 fully saturated rings. The van der Waals surface area contributed by atoms with Crippen LogP contribution >= 0.6 is 0 Å². The molecule has 0 aliphatic heterocycles. The van der Waals surface area contributed by atoms with Crippen LogP contribution in [0.15, 0.2) is 24.3 Å². The molecule has 1 aromatic carbocycles. The van der Waals surface area contributed by atoms with E-state index in [1.807, 2.05) is 0 Å². The topological polar surface area (TPSA) is 24.1 Å².